The molecule has 0 bridgehead atoms. The molecule has 2 aromatic rings. The molecule has 0 aromatic heterocycles. The Hall–Kier alpha value is -2.96. The molecule has 1 unspecified atom stereocenters. The van der Waals surface area contributed by atoms with Crippen molar-refractivity contribution in [3.05, 3.63) is 65.7 Å². The average Bonchev–Trinajstić information content (AvgIpc) is 2.53. The van der Waals surface area contributed by atoms with Crippen molar-refractivity contribution in [2.24, 2.45) is 5.73 Å². The van der Waals surface area contributed by atoms with Crippen molar-refractivity contribution in [1.29, 1.82) is 0 Å². The average molecular weight is 321 g/mol. The zero-order valence-corrected chi connectivity index (χ0v) is 11.8. The Morgan fingerprint density at radius 2 is 1.57 bits per heavy atom. The van der Waals surface area contributed by atoms with Crippen LogP contribution in [0.25, 0.3) is 0 Å². The lowest BCUT2D eigenvalue weighted by atomic mass is 10.1. The Balaban J connectivity index is 2.11. The SMILES string of the molecule is NC(=O)C(OC(=O)c1ccc(OC(F)F)cc1)c1ccccc1. The maximum atomic E-state index is 12.1. The van der Waals surface area contributed by atoms with Crippen molar-refractivity contribution < 1.29 is 27.8 Å². The largest absolute Gasteiger partial charge is 0.444 e. The molecule has 0 aliphatic carbocycles. The maximum absolute atomic E-state index is 12.1. The highest BCUT2D eigenvalue weighted by Gasteiger charge is 2.23. The van der Waals surface area contributed by atoms with Crippen LogP contribution in [-0.2, 0) is 9.53 Å². The predicted octanol–water partition coefficient (Wildman–Crippen LogP) is 2.67. The van der Waals surface area contributed by atoms with Gasteiger partial charge in [-0.05, 0) is 24.3 Å². The normalized spacial score (nSPS) is 11.8. The maximum Gasteiger partial charge on any atom is 0.387 e. The van der Waals surface area contributed by atoms with Gasteiger partial charge in [-0.2, -0.15) is 8.78 Å². The van der Waals surface area contributed by atoms with Gasteiger partial charge in [-0.3, -0.25) is 4.79 Å². The van der Waals surface area contributed by atoms with E-state index in [9.17, 15) is 18.4 Å². The first-order valence-electron chi connectivity index (χ1n) is 6.57. The number of benzene rings is 2. The van der Waals surface area contributed by atoms with E-state index in [0.29, 0.717) is 5.56 Å². The number of carbonyl (C=O) groups excluding carboxylic acids is 2. The topological polar surface area (TPSA) is 78.6 Å². The third kappa shape index (κ3) is 4.50. The molecule has 23 heavy (non-hydrogen) atoms. The van der Waals surface area contributed by atoms with Crippen molar-refractivity contribution in [3.63, 3.8) is 0 Å². The second-order valence-electron chi connectivity index (χ2n) is 4.50. The van der Waals surface area contributed by atoms with Gasteiger partial charge in [0.25, 0.3) is 5.91 Å². The Morgan fingerprint density at radius 3 is 2.09 bits per heavy atom. The van der Waals surface area contributed by atoms with Gasteiger partial charge in [0.1, 0.15) is 5.75 Å². The fraction of sp³-hybridized carbons (Fsp3) is 0.125. The van der Waals surface area contributed by atoms with Crippen molar-refractivity contribution >= 4 is 11.9 Å². The van der Waals surface area contributed by atoms with Gasteiger partial charge in [-0.1, -0.05) is 30.3 Å². The Labute approximate surface area is 130 Å². The number of esters is 1. The zero-order chi connectivity index (χ0) is 16.8. The smallest absolute Gasteiger partial charge is 0.387 e. The predicted molar refractivity (Wildman–Crippen MR) is 76.9 cm³/mol. The van der Waals surface area contributed by atoms with E-state index in [4.69, 9.17) is 10.5 Å². The van der Waals surface area contributed by atoms with Crippen LogP contribution in [0.15, 0.2) is 54.6 Å². The van der Waals surface area contributed by atoms with E-state index in [1.165, 1.54) is 24.3 Å². The number of alkyl halides is 2. The van der Waals surface area contributed by atoms with E-state index in [-0.39, 0.29) is 11.3 Å². The molecule has 0 spiro atoms. The van der Waals surface area contributed by atoms with Gasteiger partial charge in [-0.25, -0.2) is 4.79 Å². The molecular weight excluding hydrogens is 308 g/mol. The Morgan fingerprint density at radius 1 is 0.957 bits per heavy atom. The number of nitrogens with two attached hydrogens (primary N) is 1. The molecule has 0 aliphatic rings. The summed E-state index contributed by atoms with van der Waals surface area (Å²) in [6.45, 7) is -2.95. The number of halogens is 2. The first-order valence-corrected chi connectivity index (χ1v) is 6.57. The monoisotopic (exact) mass is 321 g/mol. The van der Waals surface area contributed by atoms with Gasteiger partial charge in [0.15, 0.2) is 0 Å². The summed E-state index contributed by atoms with van der Waals surface area (Å²) < 4.78 is 33.4. The standard InChI is InChI=1S/C16H13F2NO4/c17-16(18)22-12-8-6-11(7-9-12)15(21)23-13(14(19)20)10-4-2-1-3-5-10/h1-9,13,16H,(H2,19,20). The second kappa shape index (κ2) is 7.35. The highest BCUT2D eigenvalue weighted by molar-refractivity contribution is 5.92. The fourth-order valence-corrected chi connectivity index (χ4v) is 1.87. The summed E-state index contributed by atoms with van der Waals surface area (Å²) in [5.41, 5.74) is 5.77. The molecule has 2 aromatic carbocycles. The number of primary amides is 1. The van der Waals surface area contributed by atoms with Crippen molar-refractivity contribution in [3.8, 4) is 5.75 Å². The summed E-state index contributed by atoms with van der Waals surface area (Å²) >= 11 is 0. The Kier molecular flexibility index (Phi) is 5.24. The Bertz CT molecular complexity index is 674. The van der Waals surface area contributed by atoms with Gasteiger partial charge < -0.3 is 15.2 Å². The summed E-state index contributed by atoms with van der Waals surface area (Å²) in [5.74, 6) is -1.71. The lowest BCUT2D eigenvalue weighted by molar-refractivity contribution is -0.127. The van der Waals surface area contributed by atoms with E-state index < -0.39 is 24.6 Å². The molecule has 2 N–H and O–H groups in total. The van der Waals surface area contributed by atoms with E-state index in [0.717, 1.165) is 0 Å². The summed E-state index contributed by atoms with van der Waals surface area (Å²) in [6, 6.07) is 13.2. The van der Waals surface area contributed by atoms with Crippen molar-refractivity contribution in [1.82, 2.24) is 0 Å². The minimum absolute atomic E-state index is 0.0776. The van der Waals surface area contributed by atoms with E-state index >= 15 is 0 Å². The van der Waals surface area contributed by atoms with Crippen LogP contribution >= 0.6 is 0 Å². The molecule has 0 saturated carbocycles. The van der Waals surface area contributed by atoms with Crippen molar-refractivity contribution in [2.75, 3.05) is 0 Å². The van der Waals surface area contributed by atoms with Crippen LogP contribution in [0.3, 0.4) is 0 Å². The minimum atomic E-state index is -2.95. The first kappa shape index (κ1) is 16.4. The second-order valence-corrected chi connectivity index (χ2v) is 4.50. The van der Waals surface area contributed by atoms with Crippen LogP contribution in [0.1, 0.15) is 22.0 Å². The highest BCUT2D eigenvalue weighted by Crippen LogP contribution is 2.20. The van der Waals surface area contributed by atoms with Gasteiger partial charge >= 0.3 is 12.6 Å². The van der Waals surface area contributed by atoms with Crippen LogP contribution in [-0.4, -0.2) is 18.5 Å². The van der Waals surface area contributed by atoms with E-state index in [1.54, 1.807) is 30.3 Å². The first-order chi connectivity index (χ1) is 11.0. The van der Waals surface area contributed by atoms with Gasteiger partial charge in [0.2, 0.25) is 6.10 Å². The molecule has 7 heteroatoms. The summed E-state index contributed by atoms with van der Waals surface area (Å²) in [5, 5.41) is 0. The molecule has 1 amide bonds. The van der Waals surface area contributed by atoms with Gasteiger partial charge in [-0.15, -0.1) is 0 Å². The van der Waals surface area contributed by atoms with E-state index in [1.807, 2.05) is 0 Å². The van der Waals surface area contributed by atoms with Crippen molar-refractivity contribution in [2.45, 2.75) is 12.7 Å². The molecule has 0 radical (unpaired) electrons. The third-order valence-electron chi connectivity index (χ3n) is 2.90. The molecule has 0 heterocycles. The minimum Gasteiger partial charge on any atom is -0.444 e. The van der Waals surface area contributed by atoms with Crippen LogP contribution in [0.2, 0.25) is 0 Å². The lowest BCUT2D eigenvalue weighted by Gasteiger charge is -2.15. The fourth-order valence-electron chi connectivity index (χ4n) is 1.87. The molecule has 0 saturated heterocycles. The van der Waals surface area contributed by atoms with Gasteiger partial charge in [0, 0.05) is 5.56 Å². The van der Waals surface area contributed by atoms with Gasteiger partial charge in [0.05, 0.1) is 5.56 Å². The molecular formula is C16H13F2NO4. The lowest BCUT2D eigenvalue weighted by Crippen LogP contribution is -2.26. The molecule has 0 aliphatic heterocycles. The van der Waals surface area contributed by atoms with Crippen LogP contribution in [0, 0.1) is 0 Å². The van der Waals surface area contributed by atoms with Crippen LogP contribution < -0.4 is 10.5 Å². The van der Waals surface area contributed by atoms with Crippen LogP contribution in [0.5, 0.6) is 5.75 Å². The highest BCUT2D eigenvalue weighted by atomic mass is 19.3. The molecule has 120 valence electrons. The number of carbonyl (C=O) groups is 2. The summed E-state index contributed by atoms with van der Waals surface area (Å²) in [6.07, 6.45) is -1.24. The van der Waals surface area contributed by atoms with E-state index in [2.05, 4.69) is 4.74 Å². The number of ether oxygens (including phenoxy) is 2. The number of rotatable bonds is 6. The number of amides is 1. The molecule has 2 rings (SSSR count). The summed E-state index contributed by atoms with van der Waals surface area (Å²) in [7, 11) is 0. The zero-order valence-electron chi connectivity index (χ0n) is 11.8. The molecule has 1 atom stereocenters. The quantitative estimate of drug-likeness (QED) is 0.830. The molecule has 5 nitrogen and oxygen atoms in total. The van der Waals surface area contributed by atoms with Crippen LogP contribution in [0.4, 0.5) is 8.78 Å². The number of hydrogen-bond donors (Lipinski definition) is 1. The third-order valence-corrected chi connectivity index (χ3v) is 2.90. The molecule has 0 fully saturated rings. The summed E-state index contributed by atoms with van der Waals surface area (Å²) in [4.78, 5) is 23.5. The number of hydrogen-bond acceptors (Lipinski definition) is 4.